The van der Waals surface area contributed by atoms with Gasteiger partial charge >= 0.3 is 0 Å². The highest BCUT2D eigenvalue weighted by molar-refractivity contribution is 5.39. The normalized spacial score (nSPS) is 11.3. The van der Waals surface area contributed by atoms with E-state index in [4.69, 9.17) is 9.47 Å². The van der Waals surface area contributed by atoms with Gasteiger partial charge in [0.15, 0.2) is 11.5 Å². The molecule has 0 unspecified atom stereocenters. The molecule has 0 saturated heterocycles. The number of hydrogen-bond acceptors (Lipinski definition) is 3. The summed E-state index contributed by atoms with van der Waals surface area (Å²) in [6, 6.07) is 7.79. The van der Waals surface area contributed by atoms with Gasteiger partial charge in [-0.05, 0) is 39.3 Å². The quantitative estimate of drug-likeness (QED) is 0.719. The first kappa shape index (κ1) is 14.8. The Balaban J connectivity index is 2.39. The number of nitrogens with one attached hydrogen (secondary N) is 1. The second kappa shape index (κ2) is 7.27. The third-order valence-corrected chi connectivity index (χ3v) is 3.00. The first-order valence-corrected chi connectivity index (χ1v) is 6.68. The third-order valence-electron chi connectivity index (χ3n) is 3.00. The van der Waals surface area contributed by atoms with Crippen LogP contribution in [0.3, 0.4) is 0 Å². The van der Waals surface area contributed by atoms with Crippen LogP contribution in [0.2, 0.25) is 0 Å². The van der Waals surface area contributed by atoms with Gasteiger partial charge in [0.2, 0.25) is 0 Å². The van der Waals surface area contributed by atoms with Crippen molar-refractivity contribution in [3.8, 4) is 11.5 Å². The van der Waals surface area contributed by atoms with Crippen molar-refractivity contribution >= 4 is 0 Å². The Bertz CT molecular complexity index is 350. The van der Waals surface area contributed by atoms with E-state index in [0.29, 0.717) is 13.2 Å². The van der Waals surface area contributed by atoms with Crippen LogP contribution in [0.25, 0.3) is 0 Å². The van der Waals surface area contributed by atoms with Gasteiger partial charge in [-0.3, -0.25) is 0 Å². The molecule has 0 saturated carbocycles. The van der Waals surface area contributed by atoms with Gasteiger partial charge in [0, 0.05) is 12.1 Å². The van der Waals surface area contributed by atoms with Gasteiger partial charge in [-0.25, -0.2) is 0 Å². The number of hydrogen-bond donors (Lipinski definition) is 1. The van der Waals surface area contributed by atoms with E-state index in [1.807, 2.05) is 31.2 Å². The van der Waals surface area contributed by atoms with E-state index >= 15 is 0 Å². The Morgan fingerprint density at radius 1 is 1.06 bits per heavy atom. The Kier molecular flexibility index (Phi) is 5.99. The third kappa shape index (κ3) is 4.96. The number of para-hydroxylation sites is 2. The zero-order valence-corrected chi connectivity index (χ0v) is 12.0. The summed E-state index contributed by atoms with van der Waals surface area (Å²) in [7, 11) is 0. The Morgan fingerprint density at radius 2 is 1.67 bits per heavy atom. The molecular formula is C15H25NO2. The highest BCUT2D eigenvalue weighted by atomic mass is 16.5. The predicted octanol–water partition coefficient (Wildman–Crippen LogP) is 3.24. The van der Waals surface area contributed by atoms with Crippen molar-refractivity contribution in [3.63, 3.8) is 0 Å². The molecule has 0 aliphatic rings. The lowest BCUT2D eigenvalue weighted by Crippen LogP contribution is -2.40. The maximum atomic E-state index is 5.74. The first-order valence-electron chi connectivity index (χ1n) is 6.68. The molecule has 1 aromatic rings. The van der Waals surface area contributed by atoms with Gasteiger partial charge in [0.05, 0.1) is 6.61 Å². The van der Waals surface area contributed by atoms with Gasteiger partial charge in [-0.15, -0.1) is 0 Å². The summed E-state index contributed by atoms with van der Waals surface area (Å²) < 4.78 is 11.3. The zero-order chi connectivity index (χ0) is 13.4. The molecule has 0 aromatic heterocycles. The Hall–Kier alpha value is -1.22. The minimum Gasteiger partial charge on any atom is -0.490 e. The van der Waals surface area contributed by atoms with Crippen molar-refractivity contribution in [1.29, 1.82) is 0 Å². The molecular weight excluding hydrogens is 226 g/mol. The minimum atomic E-state index is 0.169. The van der Waals surface area contributed by atoms with E-state index in [-0.39, 0.29) is 5.54 Å². The molecule has 0 radical (unpaired) electrons. The molecule has 18 heavy (non-hydrogen) atoms. The fourth-order valence-electron chi connectivity index (χ4n) is 1.52. The molecule has 1 aromatic carbocycles. The van der Waals surface area contributed by atoms with Crippen LogP contribution in [-0.4, -0.2) is 25.3 Å². The lowest BCUT2D eigenvalue weighted by Gasteiger charge is -2.24. The molecule has 3 heteroatoms. The lowest BCUT2D eigenvalue weighted by molar-refractivity contribution is 0.259. The standard InChI is InChI=1S/C15H25NO2/c1-5-15(3,4)16-11-12-18-14-10-8-7-9-13(14)17-6-2/h7-10,16H,5-6,11-12H2,1-4H3. The minimum absolute atomic E-state index is 0.169. The first-order chi connectivity index (χ1) is 8.59. The Morgan fingerprint density at radius 3 is 2.22 bits per heavy atom. The molecule has 0 amide bonds. The fraction of sp³-hybridized carbons (Fsp3) is 0.600. The van der Waals surface area contributed by atoms with Crippen molar-refractivity contribution in [2.24, 2.45) is 0 Å². The van der Waals surface area contributed by atoms with Gasteiger partial charge in [0.1, 0.15) is 6.61 Å². The average Bonchev–Trinajstić information content (AvgIpc) is 2.37. The highest BCUT2D eigenvalue weighted by Gasteiger charge is 2.13. The van der Waals surface area contributed by atoms with Gasteiger partial charge in [-0.1, -0.05) is 19.1 Å². The summed E-state index contributed by atoms with van der Waals surface area (Å²) in [5.41, 5.74) is 0.169. The van der Waals surface area contributed by atoms with E-state index in [2.05, 4.69) is 26.1 Å². The van der Waals surface area contributed by atoms with Crippen LogP contribution >= 0.6 is 0 Å². The van der Waals surface area contributed by atoms with Crippen LogP contribution < -0.4 is 14.8 Å². The van der Waals surface area contributed by atoms with Crippen molar-refractivity contribution in [2.45, 2.75) is 39.7 Å². The summed E-state index contributed by atoms with van der Waals surface area (Å²) in [5, 5.41) is 3.46. The van der Waals surface area contributed by atoms with Crippen molar-refractivity contribution in [2.75, 3.05) is 19.8 Å². The summed E-state index contributed by atoms with van der Waals surface area (Å²) in [4.78, 5) is 0. The summed E-state index contributed by atoms with van der Waals surface area (Å²) >= 11 is 0. The van der Waals surface area contributed by atoms with Gasteiger partial charge in [0.25, 0.3) is 0 Å². The van der Waals surface area contributed by atoms with E-state index in [0.717, 1.165) is 24.5 Å². The molecule has 1 rings (SSSR count). The fourth-order valence-corrected chi connectivity index (χ4v) is 1.52. The van der Waals surface area contributed by atoms with Crippen LogP contribution in [0.5, 0.6) is 11.5 Å². The average molecular weight is 251 g/mol. The molecule has 3 nitrogen and oxygen atoms in total. The van der Waals surface area contributed by atoms with E-state index in [9.17, 15) is 0 Å². The monoisotopic (exact) mass is 251 g/mol. The molecule has 0 spiro atoms. The van der Waals surface area contributed by atoms with E-state index < -0.39 is 0 Å². The Labute approximate surface area is 110 Å². The maximum absolute atomic E-state index is 5.74. The molecule has 102 valence electrons. The molecule has 1 N–H and O–H groups in total. The SMILES string of the molecule is CCOc1ccccc1OCCNC(C)(C)CC. The molecule has 0 fully saturated rings. The number of rotatable bonds is 8. The maximum Gasteiger partial charge on any atom is 0.161 e. The lowest BCUT2D eigenvalue weighted by atomic mass is 10.0. The van der Waals surface area contributed by atoms with Gasteiger partial charge < -0.3 is 14.8 Å². The molecule has 0 aliphatic heterocycles. The predicted molar refractivity (Wildman–Crippen MR) is 75.5 cm³/mol. The molecule has 0 heterocycles. The van der Waals surface area contributed by atoms with Crippen LogP contribution in [0.15, 0.2) is 24.3 Å². The van der Waals surface area contributed by atoms with Crippen LogP contribution in [-0.2, 0) is 0 Å². The zero-order valence-electron chi connectivity index (χ0n) is 12.0. The van der Waals surface area contributed by atoms with Crippen molar-refractivity contribution < 1.29 is 9.47 Å². The second-order valence-electron chi connectivity index (χ2n) is 4.89. The van der Waals surface area contributed by atoms with Crippen LogP contribution in [0, 0.1) is 0 Å². The largest absolute Gasteiger partial charge is 0.490 e. The topological polar surface area (TPSA) is 30.5 Å². The highest BCUT2D eigenvalue weighted by Crippen LogP contribution is 2.26. The van der Waals surface area contributed by atoms with E-state index in [1.165, 1.54) is 0 Å². The summed E-state index contributed by atoms with van der Waals surface area (Å²) in [5.74, 6) is 1.63. The second-order valence-corrected chi connectivity index (χ2v) is 4.89. The summed E-state index contributed by atoms with van der Waals surface area (Å²) in [6.45, 7) is 10.7. The van der Waals surface area contributed by atoms with Crippen LogP contribution in [0.4, 0.5) is 0 Å². The van der Waals surface area contributed by atoms with Crippen molar-refractivity contribution in [3.05, 3.63) is 24.3 Å². The smallest absolute Gasteiger partial charge is 0.161 e. The molecule has 0 atom stereocenters. The van der Waals surface area contributed by atoms with Crippen LogP contribution in [0.1, 0.15) is 34.1 Å². The number of benzene rings is 1. The van der Waals surface area contributed by atoms with Crippen molar-refractivity contribution in [1.82, 2.24) is 5.32 Å². The van der Waals surface area contributed by atoms with E-state index in [1.54, 1.807) is 0 Å². The molecule has 0 aliphatic carbocycles. The van der Waals surface area contributed by atoms with Gasteiger partial charge in [-0.2, -0.15) is 0 Å². The molecule has 0 bridgehead atoms. The summed E-state index contributed by atoms with van der Waals surface area (Å²) in [6.07, 6.45) is 1.10. The number of ether oxygens (including phenoxy) is 2.